The van der Waals surface area contributed by atoms with Crippen LogP contribution in [0.4, 0.5) is 22.0 Å². The fourth-order valence-electron chi connectivity index (χ4n) is 7.09. The van der Waals surface area contributed by atoms with E-state index in [0.717, 1.165) is 43.1 Å². The number of halogens is 6. The third-order valence-corrected chi connectivity index (χ3v) is 9.97. The molecular formula is C37H41ClF5N3O4. The van der Waals surface area contributed by atoms with Gasteiger partial charge in [-0.3, -0.25) is 14.4 Å². The van der Waals surface area contributed by atoms with Crippen LogP contribution in [0.1, 0.15) is 97.7 Å². The molecule has 1 fully saturated rings. The Labute approximate surface area is 292 Å². The van der Waals surface area contributed by atoms with Gasteiger partial charge in [0.1, 0.15) is 17.7 Å². The van der Waals surface area contributed by atoms with Crippen LogP contribution in [-0.4, -0.2) is 46.1 Å². The molecule has 0 spiro atoms. The summed E-state index contributed by atoms with van der Waals surface area (Å²) in [6, 6.07) is 3.29. The van der Waals surface area contributed by atoms with Crippen molar-refractivity contribution in [2.24, 2.45) is 0 Å². The number of hydrogen-bond donors (Lipinski definition) is 2. The van der Waals surface area contributed by atoms with Crippen LogP contribution >= 0.6 is 11.6 Å². The Morgan fingerprint density at radius 1 is 1.00 bits per heavy atom. The Hall–Kier alpha value is -3.77. The van der Waals surface area contributed by atoms with Crippen LogP contribution in [0.2, 0.25) is 5.02 Å². The summed E-state index contributed by atoms with van der Waals surface area (Å²) in [4.78, 5) is 41.6. The van der Waals surface area contributed by atoms with E-state index in [-0.39, 0.29) is 29.0 Å². The number of likely N-dealkylation sites (tertiary alicyclic amines) is 1. The van der Waals surface area contributed by atoms with Crippen molar-refractivity contribution in [3.63, 3.8) is 0 Å². The number of alkyl halides is 3. The van der Waals surface area contributed by atoms with Crippen molar-refractivity contribution >= 4 is 23.5 Å². The van der Waals surface area contributed by atoms with Crippen LogP contribution in [0.15, 0.2) is 41.3 Å². The van der Waals surface area contributed by atoms with Crippen molar-refractivity contribution in [3.05, 3.63) is 91.4 Å². The number of aromatic nitrogens is 1. The first kappa shape index (κ1) is 37.5. The number of aryl methyl sites for hydroxylation is 3. The molecule has 7 nitrogen and oxygen atoms in total. The topological polar surface area (TPSA) is 91.6 Å². The molecule has 2 atom stereocenters. The van der Waals surface area contributed by atoms with E-state index in [1.165, 1.54) is 24.3 Å². The van der Waals surface area contributed by atoms with Gasteiger partial charge in [-0.2, -0.15) is 13.2 Å². The van der Waals surface area contributed by atoms with Crippen LogP contribution in [0.25, 0.3) is 11.1 Å². The fraction of sp³-hybridized carbons (Fsp3) is 0.486. The summed E-state index contributed by atoms with van der Waals surface area (Å²) in [5, 5.41) is 12.1. The molecular weight excluding hydrogens is 681 g/mol. The minimum absolute atomic E-state index is 0.0306. The van der Waals surface area contributed by atoms with E-state index in [1.807, 2.05) is 0 Å². The Bertz CT molecular complexity index is 1790. The van der Waals surface area contributed by atoms with Crippen molar-refractivity contribution in [3.8, 4) is 11.1 Å². The molecule has 2 aromatic carbocycles. The lowest BCUT2D eigenvalue weighted by atomic mass is 9.89. The SMILES string of the molecule is Cc1cc(F)cc2c1-c1cc(Cl)c(F)c(c1)[C@H](CC(=O)O)NC(=O)[C@@H](n1cc(CCCN3CCC3)c(C(F)(F)F)cc1=O)CCCCCCC2. The molecule has 13 heteroatoms. The highest BCUT2D eigenvalue weighted by atomic mass is 35.5. The Balaban J connectivity index is 1.58. The number of rotatable bonds is 7. The van der Waals surface area contributed by atoms with E-state index in [1.54, 1.807) is 6.92 Å². The first-order chi connectivity index (χ1) is 23.7. The first-order valence-corrected chi connectivity index (χ1v) is 17.5. The van der Waals surface area contributed by atoms with Gasteiger partial charge in [0.15, 0.2) is 0 Å². The zero-order chi connectivity index (χ0) is 36.2. The van der Waals surface area contributed by atoms with Gasteiger partial charge in [-0.05, 0) is 117 Å². The van der Waals surface area contributed by atoms with Gasteiger partial charge in [0.2, 0.25) is 5.91 Å². The van der Waals surface area contributed by atoms with Crippen molar-refractivity contribution < 1.29 is 36.6 Å². The number of carboxylic acids is 1. The standard InChI is InChI=1S/C37H41ClF5N3O4/c1-22-15-26(39)16-23-9-5-3-2-4-6-11-31(36(50)44-30(20-33(48)49)27-17-25(34(22)23)18-29(38)35(27)40)46-21-24(10-7-12-45-13-8-14-45)28(19-32(46)47)37(41,42)43/h15-19,21,30-31H,2-14,20H2,1H3,(H,44,50)(H,48,49)/t30-,31-/m0/s1. The quantitative estimate of drug-likeness (QED) is 0.240. The summed E-state index contributed by atoms with van der Waals surface area (Å²) in [6.07, 6.45) is 0.905. The lowest BCUT2D eigenvalue weighted by molar-refractivity contribution is -0.139. The van der Waals surface area contributed by atoms with Crippen molar-refractivity contribution in [2.45, 2.75) is 95.8 Å². The molecule has 2 bridgehead atoms. The molecule has 3 aromatic rings. The normalized spacial score (nSPS) is 19.4. The van der Waals surface area contributed by atoms with Crippen LogP contribution in [0.5, 0.6) is 0 Å². The first-order valence-electron chi connectivity index (χ1n) is 17.1. The minimum atomic E-state index is -4.79. The van der Waals surface area contributed by atoms with Gasteiger partial charge in [0.25, 0.3) is 5.56 Å². The predicted octanol–water partition coefficient (Wildman–Crippen LogP) is 8.18. The number of nitrogens with one attached hydrogen (secondary N) is 1. The number of nitrogens with zero attached hydrogens (tertiary/aromatic N) is 2. The average Bonchev–Trinajstić information content (AvgIpc) is 3.00. The Kier molecular flexibility index (Phi) is 12.0. The molecule has 0 unspecified atom stereocenters. The van der Waals surface area contributed by atoms with E-state index >= 15 is 4.39 Å². The molecule has 0 aliphatic carbocycles. The molecule has 1 aromatic heterocycles. The molecule has 2 aliphatic rings. The van der Waals surface area contributed by atoms with Gasteiger partial charge < -0.3 is 19.9 Å². The number of amides is 1. The summed E-state index contributed by atoms with van der Waals surface area (Å²) >= 11 is 6.36. The van der Waals surface area contributed by atoms with Gasteiger partial charge in [-0.15, -0.1) is 0 Å². The molecule has 1 amide bonds. The number of carbonyl (C=O) groups is 2. The smallest absolute Gasteiger partial charge is 0.416 e. The Morgan fingerprint density at radius 2 is 1.72 bits per heavy atom. The summed E-state index contributed by atoms with van der Waals surface area (Å²) < 4.78 is 73.6. The number of fused-ring (bicyclic) bond motifs is 4. The second-order valence-electron chi connectivity index (χ2n) is 13.4. The lowest BCUT2D eigenvalue weighted by Crippen LogP contribution is -2.40. The molecule has 3 heterocycles. The lowest BCUT2D eigenvalue weighted by Gasteiger charge is -2.30. The molecule has 5 rings (SSSR count). The molecule has 270 valence electrons. The minimum Gasteiger partial charge on any atom is -0.481 e. The molecule has 2 N–H and O–H groups in total. The molecule has 50 heavy (non-hydrogen) atoms. The van der Waals surface area contributed by atoms with Crippen LogP contribution in [0.3, 0.4) is 0 Å². The molecule has 0 radical (unpaired) electrons. The van der Waals surface area contributed by atoms with Crippen LogP contribution < -0.4 is 10.9 Å². The maximum atomic E-state index is 15.8. The fourth-order valence-corrected chi connectivity index (χ4v) is 7.32. The molecule has 0 saturated carbocycles. The van der Waals surface area contributed by atoms with Crippen molar-refractivity contribution in [2.75, 3.05) is 19.6 Å². The summed E-state index contributed by atoms with van der Waals surface area (Å²) in [5.41, 5.74) is -0.134. The monoisotopic (exact) mass is 721 g/mol. The van der Waals surface area contributed by atoms with Gasteiger partial charge in [-0.25, -0.2) is 8.78 Å². The summed E-state index contributed by atoms with van der Waals surface area (Å²) in [7, 11) is 0. The van der Waals surface area contributed by atoms with Gasteiger partial charge in [0, 0.05) is 17.8 Å². The number of carboxylic acid groups (broad SMARTS) is 1. The highest BCUT2D eigenvalue weighted by Crippen LogP contribution is 2.37. The van der Waals surface area contributed by atoms with Crippen LogP contribution in [-0.2, 0) is 28.6 Å². The number of benzene rings is 2. The Morgan fingerprint density at radius 3 is 2.40 bits per heavy atom. The highest BCUT2D eigenvalue weighted by molar-refractivity contribution is 6.31. The maximum absolute atomic E-state index is 15.8. The third-order valence-electron chi connectivity index (χ3n) is 9.70. The predicted molar refractivity (Wildman–Crippen MR) is 180 cm³/mol. The molecule has 1 saturated heterocycles. The van der Waals surface area contributed by atoms with Gasteiger partial charge >= 0.3 is 12.1 Å². The second kappa shape index (κ2) is 16.1. The third kappa shape index (κ3) is 8.93. The summed E-state index contributed by atoms with van der Waals surface area (Å²) in [5.74, 6) is -3.59. The number of aliphatic carboxylic acids is 1. The zero-order valence-corrected chi connectivity index (χ0v) is 28.6. The van der Waals surface area contributed by atoms with Gasteiger partial charge in [0.05, 0.1) is 23.0 Å². The molecule has 2 aliphatic heterocycles. The maximum Gasteiger partial charge on any atom is 0.416 e. The number of hydrogen-bond acceptors (Lipinski definition) is 4. The van der Waals surface area contributed by atoms with Gasteiger partial charge in [-0.1, -0.05) is 37.3 Å². The summed E-state index contributed by atoms with van der Waals surface area (Å²) in [6.45, 7) is 4.07. The van der Waals surface area contributed by atoms with Crippen molar-refractivity contribution in [1.82, 2.24) is 14.8 Å². The van der Waals surface area contributed by atoms with E-state index in [0.29, 0.717) is 67.0 Å². The highest BCUT2D eigenvalue weighted by Gasteiger charge is 2.36. The average molecular weight is 722 g/mol. The van der Waals surface area contributed by atoms with Crippen LogP contribution in [0, 0.1) is 18.6 Å². The van der Waals surface area contributed by atoms with E-state index in [4.69, 9.17) is 11.6 Å². The van der Waals surface area contributed by atoms with E-state index in [9.17, 15) is 37.1 Å². The second-order valence-corrected chi connectivity index (χ2v) is 13.8. The van der Waals surface area contributed by atoms with Crippen molar-refractivity contribution in [1.29, 1.82) is 0 Å². The largest absolute Gasteiger partial charge is 0.481 e. The number of pyridine rings is 1. The number of carbonyl (C=O) groups excluding carboxylic acids is 1. The zero-order valence-electron chi connectivity index (χ0n) is 27.9. The van der Waals surface area contributed by atoms with E-state index < -0.39 is 59.3 Å². The van der Waals surface area contributed by atoms with E-state index in [2.05, 4.69) is 10.2 Å².